The fraction of sp³-hybridized carbons (Fsp3) is 0.400. The summed E-state index contributed by atoms with van der Waals surface area (Å²) in [6.45, 7) is 6.40. The largest absolute Gasteiger partial charge is 0.316 e. The van der Waals surface area contributed by atoms with Crippen LogP contribution < -0.4 is 10.9 Å². The summed E-state index contributed by atoms with van der Waals surface area (Å²) in [6, 6.07) is 3.00. The third-order valence-electron chi connectivity index (χ3n) is 3.53. The van der Waals surface area contributed by atoms with E-state index in [4.69, 9.17) is 0 Å². The molecule has 21 heavy (non-hydrogen) atoms. The first-order chi connectivity index (χ1) is 9.97. The van der Waals surface area contributed by atoms with Crippen molar-refractivity contribution < 1.29 is 4.79 Å². The zero-order chi connectivity index (χ0) is 15.6. The second kappa shape index (κ2) is 5.95. The van der Waals surface area contributed by atoms with Gasteiger partial charge < -0.3 is 9.88 Å². The van der Waals surface area contributed by atoms with Gasteiger partial charge in [0.25, 0.3) is 11.5 Å². The minimum atomic E-state index is -0.298. The van der Waals surface area contributed by atoms with Crippen LogP contribution in [0, 0.1) is 6.92 Å². The molecule has 1 amide bonds. The monoisotopic (exact) mass is 288 g/mol. The van der Waals surface area contributed by atoms with E-state index in [0.717, 1.165) is 17.7 Å². The van der Waals surface area contributed by atoms with Crippen LogP contribution in [0.2, 0.25) is 0 Å². The van der Waals surface area contributed by atoms with Gasteiger partial charge in [-0.25, -0.2) is 0 Å². The molecule has 0 atom stereocenters. The van der Waals surface area contributed by atoms with Gasteiger partial charge in [-0.05, 0) is 26.3 Å². The van der Waals surface area contributed by atoms with Gasteiger partial charge in [0.05, 0.1) is 5.69 Å². The summed E-state index contributed by atoms with van der Waals surface area (Å²) in [7, 11) is 1.79. The molecule has 0 saturated heterocycles. The summed E-state index contributed by atoms with van der Waals surface area (Å²) < 4.78 is 3.20. The minimum absolute atomic E-state index is 0.179. The van der Waals surface area contributed by atoms with Crippen molar-refractivity contribution in [1.82, 2.24) is 14.3 Å². The van der Waals surface area contributed by atoms with E-state index >= 15 is 0 Å². The third-order valence-corrected chi connectivity index (χ3v) is 3.53. The molecule has 1 N–H and O–H groups in total. The van der Waals surface area contributed by atoms with Crippen LogP contribution in [0.25, 0.3) is 0 Å². The molecule has 112 valence electrons. The molecule has 0 aliphatic rings. The van der Waals surface area contributed by atoms with Crippen molar-refractivity contribution in [3.05, 3.63) is 45.5 Å². The summed E-state index contributed by atoms with van der Waals surface area (Å²) >= 11 is 0. The molecule has 0 radical (unpaired) electrons. The molecular formula is C15H20N4O2. The molecule has 6 nitrogen and oxygen atoms in total. The van der Waals surface area contributed by atoms with Gasteiger partial charge in [-0.2, -0.15) is 5.10 Å². The maximum absolute atomic E-state index is 12.3. The number of anilines is 1. The van der Waals surface area contributed by atoms with Crippen molar-refractivity contribution in [2.75, 3.05) is 5.32 Å². The predicted octanol–water partition coefficient (Wildman–Crippen LogP) is 1.72. The lowest BCUT2D eigenvalue weighted by molar-refractivity contribution is 0.102. The highest BCUT2D eigenvalue weighted by Crippen LogP contribution is 2.19. The Bertz CT molecular complexity index is 728. The molecule has 2 rings (SSSR count). The van der Waals surface area contributed by atoms with Gasteiger partial charge in [-0.15, -0.1) is 0 Å². The topological polar surface area (TPSA) is 68.9 Å². The molecule has 2 aromatic heterocycles. The van der Waals surface area contributed by atoms with Crippen molar-refractivity contribution >= 4 is 11.7 Å². The lowest BCUT2D eigenvalue weighted by Gasteiger charge is -2.08. The van der Waals surface area contributed by atoms with Gasteiger partial charge in [-0.3, -0.25) is 14.3 Å². The van der Waals surface area contributed by atoms with E-state index in [2.05, 4.69) is 10.4 Å². The van der Waals surface area contributed by atoms with Crippen LogP contribution in [0.4, 0.5) is 5.82 Å². The average molecular weight is 288 g/mol. The van der Waals surface area contributed by atoms with E-state index in [1.807, 2.05) is 20.8 Å². The highest BCUT2D eigenvalue weighted by molar-refractivity contribution is 6.04. The van der Waals surface area contributed by atoms with Gasteiger partial charge in [0.2, 0.25) is 0 Å². The molecule has 6 heteroatoms. The Morgan fingerprint density at radius 1 is 1.38 bits per heavy atom. The number of nitrogens with one attached hydrogen (secondary N) is 1. The maximum atomic E-state index is 12.3. The van der Waals surface area contributed by atoms with E-state index in [1.54, 1.807) is 28.6 Å². The number of nitrogens with zero attached hydrogens (tertiary/aromatic N) is 3. The Labute approximate surface area is 123 Å². The van der Waals surface area contributed by atoms with Crippen LogP contribution in [0.5, 0.6) is 0 Å². The van der Waals surface area contributed by atoms with Gasteiger partial charge in [0, 0.05) is 37.0 Å². The number of amides is 1. The molecule has 0 aromatic carbocycles. The van der Waals surface area contributed by atoms with Gasteiger partial charge in [0.15, 0.2) is 0 Å². The molecule has 0 saturated carbocycles. The Kier molecular flexibility index (Phi) is 4.26. The number of carbonyl (C=O) groups is 1. The molecule has 0 bridgehead atoms. The van der Waals surface area contributed by atoms with Crippen molar-refractivity contribution in [3.63, 3.8) is 0 Å². The number of aromatic nitrogens is 3. The smallest absolute Gasteiger partial charge is 0.257 e. The van der Waals surface area contributed by atoms with Crippen LogP contribution in [0.15, 0.2) is 23.1 Å². The van der Waals surface area contributed by atoms with E-state index in [-0.39, 0.29) is 11.5 Å². The van der Waals surface area contributed by atoms with E-state index in [9.17, 15) is 9.59 Å². The summed E-state index contributed by atoms with van der Waals surface area (Å²) in [5, 5.41) is 7.15. The average Bonchev–Trinajstić information content (AvgIpc) is 2.72. The first-order valence-corrected chi connectivity index (χ1v) is 7.02. The molecule has 0 aliphatic carbocycles. The van der Waals surface area contributed by atoms with Gasteiger partial charge >= 0.3 is 0 Å². The van der Waals surface area contributed by atoms with Crippen LogP contribution in [0.1, 0.15) is 35.5 Å². The Hall–Kier alpha value is -2.37. The number of aryl methyl sites for hydroxylation is 3. The molecule has 2 heterocycles. The molecular weight excluding hydrogens is 268 g/mol. The van der Waals surface area contributed by atoms with Crippen molar-refractivity contribution in [1.29, 1.82) is 0 Å². The summed E-state index contributed by atoms with van der Waals surface area (Å²) in [5.41, 5.74) is 2.08. The van der Waals surface area contributed by atoms with Gasteiger partial charge in [-0.1, -0.05) is 6.92 Å². The van der Waals surface area contributed by atoms with Crippen LogP contribution in [-0.2, 0) is 20.0 Å². The first-order valence-electron chi connectivity index (χ1n) is 7.02. The van der Waals surface area contributed by atoms with Crippen LogP contribution in [0.3, 0.4) is 0 Å². The fourth-order valence-corrected chi connectivity index (χ4v) is 2.37. The van der Waals surface area contributed by atoms with E-state index in [1.165, 1.54) is 6.07 Å². The van der Waals surface area contributed by atoms with E-state index in [0.29, 0.717) is 17.9 Å². The van der Waals surface area contributed by atoms with E-state index < -0.39 is 0 Å². The number of carbonyl (C=O) groups excluding carboxylic acids is 1. The third kappa shape index (κ3) is 2.89. The lowest BCUT2D eigenvalue weighted by Crippen LogP contribution is -2.22. The first kappa shape index (κ1) is 15.0. The Balaban J connectivity index is 2.30. The second-order valence-corrected chi connectivity index (χ2v) is 4.88. The molecule has 2 aromatic rings. The molecule has 0 unspecified atom stereocenters. The predicted molar refractivity (Wildman–Crippen MR) is 81.7 cm³/mol. The molecule has 0 fully saturated rings. The standard InChI is InChI=1S/C15H20N4O2/c1-5-12-10(3)17-18(4)14(12)16-15(21)11-7-8-19(6-2)13(20)9-11/h7-9H,5-6H2,1-4H3,(H,16,21). The molecule has 0 spiro atoms. The van der Waals surface area contributed by atoms with Crippen molar-refractivity contribution in [3.8, 4) is 0 Å². The Morgan fingerprint density at radius 3 is 2.67 bits per heavy atom. The van der Waals surface area contributed by atoms with Gasteiger partial charge in [0.1, 0.15) is 5.82 Å². The SMILES string of the molecule is CCc1c(C)nn(C)c1NC(=O)c1ccn(CC)c(=O)c1. The number of hydrogen-bond acceptors (Lipinski definition) is 3. The number of rotatable bonds is 4. The van der Waals surface area contributed by atoms with Crippen LogP contribution in [-0.4, -0.2) is 20.3 Å². The second-order valence-electron chi connectivity index (χ2n) is 4.88. The van der Waals surface area contributed by atoms with Crippen LogP contribution >= 0.6 is 0 Å². The molecule has 0 aliphatic heterocycles. The maximum Gasteiger partial charge on any atom is 0.257 e. The highest BCUT2D eigenvalue weighted by atomic mass is 16.2. The zero-order valence-electron chi connectivity index (χ0n) is 12.8. The number of pyridine rings is 1. The van der Waals surface area contributed by atoms with Crippen molar-refractivity contribution in [2.45, 2.75) is 33.7 Å². The summed E-state index contributed by atoms with van der Waals surface area (Å²) in [5.74, 6) is 0.382. The fourth-order valence-electron chi connectivity index (χ4n) is 2.37. The lowest BCUT2D eigenvalue weighted by atomic mass is 10.2. The summed E-state index contributed by atoms with van der Waals surface area (Å²) in [4.78, 5) is 24.1. The highest BCUT2D eigenvalue weighted by Gasteiger charge is 2.15. The quantitative estimate of drug-likeness (QED) is 0.931. The minimum Gasteiger partial charge on any atom is -0.316 e. The Morgan fingerprint density at radius 2 is 2.10 bits per heavy atom. The summed E-state index contributed by atoms with van der Waals surface area (Å²) in [6.07, 6.45) is 2.42. The normalized spacial score (nSPS) is 10.7. The zero-order valence-corrected chi connectivity index (χ0v) is 12.8. The van der Waals surface area contributed by atoms with Crippen molar-refractivity contribution in [2.24, 2.45) is 7.05 Å². The number of hydrogen-bond donors (Lipinski definition) is 1.